The molecule has 23 heavy (non-hydrogen) atoms. The quantitative estimate of drug-likeness (QED) is 0.806. The number of urea groups is 1. The van der Waals surface area contributed by atoms with Gasteiger partial charge in [0, 0.05) is 18.5 Å². The number of amides is 2. The van der Waals surface area contributed by atoms with Crippen molar-refractivity contribution in [1.29, 1.82) is 0 Å². The molecule has 0 spiro atoms. The number of rotatable bonds is 4. The number of ether oxygens (including phenoxy) is 1. The Labute approximate surface area is 134 Å². The lowest BCUT2D eigenvalue weighted by Gasteiger charge is -2.23. The zero-order valence-corrected chi connectivity index (χ0v) is 13.7. The summed E-state index contributed by atoms with van der Waals surface area (Å²) in [5.41, 5.74) is 1.88. The Morgan fingerprint density at radius 2 is 2.09 bits per heavy atom. The molecule has 8 nitrogen and oxygen atoms in total. The van der Waals surface area contributed by atoms with Crippen LogP contribution in [0.1, 0.15) is 29.9 Å². The first-order chi connectivity index (χ1) is 11.0. The average molecular weight is 343 g/mol. The molecule has 0 bridgehead atoms. The summed E-state index contributed by atoms with van der Waals surface area (Å²) >= 11 is 0. The molecule has 1 aromatic heterocycles. The van der Waals surface area contributed by atoms with Gasteiger partial charge in [-0.1, -0.05) is 5.16 Å². The maximum absolute atomic E-state index is 11.8. The second-order valence-electron chi connectivity index (χ2n) is 5.91. The predicted octanol–water partition coefficient (Wildman–Crippen LogP) is 0.166. The normalized spacial score (nSPS) is 23.0. The maximum Gasteiger partial charge on any atom is 0.315 e. The Bertz CT molecular complexity index is 670. The van der Waals surface area contributed by atoms with Gasteiger partial charge in [0.15, 0.2) is 9.84 Å². The van der Waals surface area contributed by atoms with E-state index >= 15 is 0 Å². The van der Waals surface area contributed by atoms with E-state index in [0.29, 0.717) is 6.54 Å². The number of hydrogen-bond acceptors (Lipinski definition) is 6. The van der Waals surface area contributed by atoms with E-state index in [9.17, 15) is 13.2 Å². The smallest absolute Gasteiger partial charge is 0.315 e. The Balaban J connectivity index is 1.44. The third-order valence-corrected chi connectivity index (χ3v) is 5.79. The van der Waals surface area contributed by atoms with Gasteiger partial charge in [0.25, 0.3) is 0 Å². The van der Waals surface area contributed by atoms with Gasteiger partial charge in [-0.25, -0.2) is 13.2 Å². The van der Waals surface area contributed by atoms with Crippen LogP contribution >= 0.6 is 0 Å². The molecular weight excluding hydrogens is 322 g/mol. The topological polar surface area (TPSA) is 111 Å². The van der Waals surface area contributed by atoms with Gasteiger partial charge in [-0.3, -0.25) is 0 Å². The average Bonchev–Trinajstić information content (AvgIpc) is 2.93. The SMILES string of the molecule is O=C(NCc1noc2c1CCCC2)NCC1CS(=O)(=O)CCO1. The molecule has 128 valence electrons. The molecule has 2 heterocycles. The lowest BCUT2D eigenvalue weighted by molar-refractivity contribution is 0.0731. The van der Waals surface area contributed by atoms with Crippen molar-refractivity contribution in [2.24, 2.45) is 0 Å². The van der Waals surface area contributed by atoms with Crippen molar-refractivity contribution in [3.05, 3.63) is 17.0 Å². The minimum Gasteiger partial charge on any atom is -0.374 e. The van der Waals surface area contributed by atoms with Gasteiger partial charge in [0.1, 0.15) is 11.5 Å². The minimum absolute atomic E-state index is 0.0486. The number of aryl methyl sites for hydroxylation is 1. The van der Waals surface area contributed by atoms with Crippen molar-refractivity contribution < 1.29 is 22.5 Å². The van der Waals surface area contributed by atoms with E-state index in [0.717, 1.165) is 42.7 Å². The first-order valence-corrected chi connectivity index (χ1v) is 9.66. The van der Waals surface area contributed by atoms with E-state index in [2.05, 4.69) is 15.8 Å². The van der Waals surface area contributed by atoms with Crippen LogP contribution in [0.25, 0.3) is 0 Å². The third kappa shape index (κ3) is 4.23. The molecule has 0 radical (unpaired) electrons. The van der Waals surface area contributed by atoms with Crippen LogP contribution in [0, 0.1) is 0 Å². The number of hydrogen-bond donors (Lipinski definition) is 2. The summed E-state index contributed by atoms with van der Waals surface area (Å²) in [7, 11) is -3.06. The van der Waals surface area contributed by atoms with Crippen molar-refractivity contribution in [3.63, 3.8) is 0 Å². The Morgan fingerprint density at radius 3 is 2.91 bits per heavy atom. The molecule has 1 atom stereocenters. The summed E-state index contributed by atoms with van der Waals surface area (Å²) in [4.78, 5) is 11.8. The molecule has 0 saturated carbocycles. The van der Waals surface area contributed by atoms with Crippen molar-refractivity contribution in [2.45, 2.75) is 38.3 Å². The number of sulfone groups is 1. The van der Waals surface area contributed by atoms with Gasteiger partial charge in [0.2, 0.25) is 0 Å². The van der Waals surface area contributed by atoms with Crippen LogP contribution < -0.4 is 10.6 Å². The Kier molecular flexibility index (Phi) is 4.86. The number of nitrogens with one attached hydrogen (secondary N) is 2. The summed E-state index contributed by atoms with van der Waals surface area (Å²) in [6.07, 6.45) is 3.58. The van der Waals surface area contributed by atoms with Crippen LogP contribution in [0.2, 0.25) is 0 Å². The molecule has 3 rings (SSSR count). The minimum atomic E-state index is -3.06. The van der Waals surface area contributed by atoms with Crippen LogP contribution in [-0.2, 0) is 34.0 Å². The maximum atomic E-state index is 11.8. The fourth-order valence-corrected chi connectivity index (χ4v) is 4.19. The van der Waals surface area contributed by atoms with Crippen LogP contribution in [0.15, 0.2) is 4.52 Å². The van der Waals surface area contributed by atoms with E-state index in [1.165, 1.54) is 0 Å². The van der Waals surface area contributed by atoms with Gasteiger partial charge >= 0.3 is 6.03 Å². The highest BCUT2D eigenvalue weighted by Gasteiger charge is 2.25. The van der Waals surface area contributed by atoms with Crippen LogP contribution in [0.3, 0.4) is 0 Å². The summed E-state index contributed by atoms with van der Waals surface area (Å²) in [6.45, 7) is 0.651. The zero-order valence-electron chi connectivity index (χ0n) is 12.8. The first kappa shape index (κ1) is 16.3. The standard InChI is InChI=1S/C14H21N3O5S/c18-14(15-7-10-9-23(19,20)6-5-21-10)16-8-12-11-3-1-2-4-13(11)22-17-12/h10H,1-9H2,(H2,15,16,18). The fourth-order valence-electron chi connectivity index (χ4n) is 2.90. The highest BCUT2D eigenvalue weighted by Crippen LogP contribution is 2.23. The van der Waals surface area contributed by atoms with Crippen molar-refractivity contribution in [1.82, 2.24) is 15.8 Å². The highest BCUT2D eigenvalue weighted by molar-refractivity contribution is 7.91. The predicted molar refractivity (Wildman–Crippen MR) is 81.8 cm³/mol. The number of aromatic nitrogens is 1. The molecule has 2 N–H and O–H groups in total. The summed E-state index contributed by atoms with van der Waals surface area (Å²) in [6, 6.07) is -0.371. The van der Waals surface area contributed by atoms with Gasteiger partial charge in [-0.2, -0.15) is 0 Å². The van der Waals surface area contributed by atoms with Gasteiger partial charge in [-0.15, -0.1) is 0 Å². The summed E-state index contributed by atoms with van der Waals surface area (Å²) in [5, 5.41) is 9.37. The van der Waals surface area contributed by atoms with E-state index in [-0.39, 0.29) is 30.7 Å². The summed E-state index contributed by atoms with van der Waals surface area (Å²) < 4.78 is 33.6. The molecule has 1 unspecified atom stereocenters. The van der Waals surface area contributed by atoms with Gasteiger partial charge < -0.3 is 19.9 Å². The molecule has 9 heteroatoms. The van der Waals surface area contributed by atoms with Gasteiger partial charge in [-0.05, 0) is 19.3 Å². The summed E-state index contributed by atoms with van der Waals surface area (Å²) in [5.74, 6) is 0.922. The van der Waals surface area contributed by atoms with Crippen LogP contribution in [0.5, 0.6) is 0 Å². The molecule has 2 aliphatic rings. The van der Waals surface area contributed by atoms with Crippen molar-refractivity contribution in [2.75, 3.05) is 24.7 Å². The Hall–Kier alpha value is -1.61. The first-order valence-electron chi connectivity index (χ1n) is 7.83. The molecule has 0 aromatic carbocycles. The number of nitrogens with zero attached hydrogens (tertiary/aromatic N) is 1. The second kappa shape index (κ2) is 6.88. The molecule has 1 aromatic rings. The lowest BCUT2D eigenvalue weighted by Crippen LogP contribution is -2.45. The number of carbonyl (C=O) groups excluding carboxylic acids is 1. The van der Waals surface area contributed by atoms with E-state index in [1.54, 1.807) is 0 Å². The number of carbonyl (C=O) groups is 1. The van der Waals surface area contributed by atoms with E-state index in [1.807, 2.05) is 0 Å². The molecule has 1 saturated heterocycles. The number of fused-ring (bicyclic) bond motifs is 1. The molecule has 1 fully saturated rings. The third-order valence-electron chi connectivity index (χ3n) is 4.13. The van der Waals surface area contributed by atoms with E-state index in [4.69, 9.17) is 9.26 Å². The fraction of sp³-hybridized carbons (Fsp3) is 0.714. The monoisotopic (exact) mass is 343 g/mol. The van der Waals surface area contributed by atoms with Gasteiger partial charge in [0.05, 0.1) is 30.8 Å². The zero-order chi connectivity index (χ0) is 16.3. The van der Waals surface area contributed by atoms with Crippen LogP contribution in [0.4, 0.5) is 4.79 Å². The molecule has 1 aliphatic heterocycles. The van der Waals surface area contributed by atoms with Crippen LogP contribution in [-0.4, -0.2) is 50.4 Å². The molecular formula is C14H21N3O5S. The highest BCUT2D eigenvalue weighted by atomic mass is 32.2. The molecule has 1 aliphatic carbocycles. The van der Waals surface area contributed by atoms with Crippen molar-refractivity contribution in [3.8, 4) is 0 Å². The largest absolute Gasteiger partial charge is 0.374 e. The second-order valence-corrected chi connectivity index (χ2v) is 8.14. The lowest BCUT2D eigenvalue weighted by atomic mass is 9.96. The Morgan fingerprint density at radius 1 is 1.26 bits per heavy atom. The molecule has 2 amide bonds. The van der Waals surface area contributed by atoms with Crippen molar-refractivity contribution >= 4 is 15.9 Å². The van der Waals surface area contributed by atoms with E-state index < -0.39 is 15.9 Å².